The van der Waals surface area contributed by atoms with Gasteiger partial charge in [-0.2, -0.15) is 0 Å². The van der Waals surface area contributed by atoms with Gasteiger partial charge in [0.25, 0.3) is 0 Å². The highest BCUT2D eigenvalue weighted by Crippen LogP contribution is 2.53. The van der Waals surface area contributed by atoms with Gasteiger partial charge in [0.2, 0.25) is 5.91 Å². The molecule has 210 valence electrons. The van der Waals surface area contributed by atoms with Crippen LogP contribution in [0.25, 0.3) is 0 Å². The molecule has 2 atom stereocenters. The topological polar surface area (TPSA) is 97.8 Å². The third-order valence-electron chi connectivity index (χ3n) is 8.63. The molecule has 0 bridgehead atoms. The first-order chi connectivity index (χ1) is 19.1. The Morgan fingerprint density at radius 1 is 0.925 bits per heavy atom. The lowest BCUT2D eigenvalue weighted by Gasteiger charge is -2.43. The number of rotatable bonds is 5. The summed E-state index contributed by atoms with van der Waals surface area (Å²) >= 11 is 0. The van der Waals surface area contributed by atoms with Gasteiger partial charge in [-0.15, -0.1) is 0 Å². The van der Waals surface area contributed by atoms with E-state index in [-0.39, 0.29) is 48.1 Å². The van der Waals surface area contributed by atoms with Crippen molar-refractivity contribution in [3.8, 4) is 11.5 Å². The number of benzene rings is 3. The number of carbonyl (C=O) groups excluding carboxylic acids is 1. The van der Waals surface area contributed by atoms with Crippen molar-refractivity contribution in [2.75, 3.05) is 18.1 Å². The molecular formula is C30H30FNO6S2. The summed E-state index contributed by atoms with van der Waals surface area (Å²) in [5.74, 6) is 0.0285. The Morgan fingerprint density at radius 2 is 1.62 bits per heavy atom. The molecule has 0 unspecified atom stereocenters. The van der Waals surface area contributed by atoms with E-state index >= 15 is 0 Å². The lowest BCUT2D eigenvalue weighted by Crippen LogP contribution is -2.53. The summed E-state index contributed by atoms with van der Waals surface area (Å²) < 4.78 is 71.3. The second kappa shape index (κ2) is 9.99. The average Bonchev–Trinajstić information content (AvgIpc) is 3.35. The summed E-state index contributed by atoms with van der Waals surface area (Å²) in [6.45, 7) is 0.245. The van der Waals surface area contributed by atoms with Gasteiger partial charge in [0, 0.05) is 12.5 Å². The number of amides is 1. The van der Waals surface area contributed by atoms with Crippen molar-refractivity contribution >= 4 is 25.6 Å². The van der Waals surface area contributed by atoms with E-state index in [2.05, 4.69) is 0 Å². The van der Waals surface area contributed by atoms with Crippen LogP contribution in [0, 0.1) is 11.7 Å². The van der Waals surface area contributed by atoms with E-state index < -0.39 is 42.2 Å². The second-order valence-corrected chi connectivity index (χ2v) is 15.4. The number of carbonyl (C=O) groups is 1. The van der Waals surface area contributed by atoms with Gasteiger partial charge in [0.15, 0.2) is 9.84 Å². The first kappa shape index (κ1) is 27.0. The van der Waals surface area contributed by atoms with Gasteiger partial charge in [-0.3, -0.25) is 4.79 Å². The maximum absolute atomic E-state index is 14.5. The lowest BCUT2D eigenvalue weighted by atomic mass is 9.78. The number of hydrogen-bond donors (Lipinski definition) is 0. The normalized spacial score (nSPS) is 24.2. The van der Waals surface area contributed by atoms with Crippen LogP contribution < -0.4 is 4.74 Å². The monoisotopic (exact) mass is 583 g/mol. The molecule has 0 N–H and O–H groups in total. The van der Waals surface area contributed by atoms with Crippen LogP contribution in [-0.2, 0) is 35.6 Å². The number of fused-ring (bicyclic) bond motifs is 3. The van der Waals surface area contributed by atoms with Crippen molar-refractivity contribution in [1.82, 2.24) is 4.90 Å². The van der Waals surface area contributed by atoms with Crippen molar-refractivity contribution in [3.05, 3.63) is 89.7 Å². The van der Waals surface area contributed by atoms with Crippen LogP contribution in [-0.4, -0.2) is 51.7 Å². The largest absolute Gasteiger partial charge is 0.457 e. The molecule has 0 aromatic heterocycles. The van der Waals surface area contributed by atoms with Crippen LogP contribution >= 0.6 is 0 Å². The average molecular weight is 584 g/mol. The highest BCUT2D eigenvalue weighted by atomic mass is 32.2. The van der Waals surface area contributed by atoms with Gasteiger partial charge in [0.05, 0.1) is 22.4 Å². The van der Waals surface area contributed by atoms with E-state index in [1.54, 1.807) is 17.0 Å². The zero-order valence-electron chi connectivity index (χ0n) is 21.8. The Labute approximate surface area is 233 Å². The van der Waals surface area contributed by atoms with Crippen molar-refractivity contribution < 1.29 is 30.8 Å². The fraction of sp³-hybridized carbons (Fsp3) is 0.367. The van der Waals surface area contributed by atoms with Crippen molar-refractivity contribution in [3.63, 3.8) is 0 Å². The molecule has 0 radical (unpaired) electrons. The number of para-hydroxylation sites is 1. The van der Waals surface area contributed by atoms with Crippen LogP contribution in [0.1, 0.15) is 36.8 Å². The molecule has 3 aromatic rings. The summed E-state index contributed by atoms with van der Waals surface area (Å²) in [4.78, 5) is 15.4. The van der Waals surface area contributed by atoms with Gasteiger partial charge in [-0.05, 0) is 91.8 Å². The Bertz CT molecular complexity index is 1640. The van der Waals surface area contributed by atoms with E-state index in [1.807, 2.05) is 36.4 Å². The van der Waals surface area contributed by atoms with Crippen LogP contribution in [0.4, 0.5) is 4.39 Å². The SMILES string of the molecule is O=C(C1CCS(=O)(=O)CC1)N1CC[C@@]2(S(=O)(=O)c3ccc(F)cc3)c3ccc(Oc4ccccc4)cc3CC[C@@H]12. The minimum atomic E-state index is -4.08. The van der Waals surface area contributed by atoms with E-state index in [0.717, 1.165) is 17.7 Å². The van der Waals surface area contributed by atoms with E-state index in [4.69, 9.17) is 4.74 Å². The molecule has 40 heavy (non-hydrogen) atoms. The molecule has 2 aliphatic heterocycles. The summed E-state index contributed by atoms with van der Waals surface area (Å²) in [6, 6.07) is 19.0. The number of halogens is 1. The summed E-state index contributed by atoms with van der Waals surface area (Å²) in [5.41, 5.74) is 1.48. The quantitative estimate of drug-likeness (QED) is 0.406. The minimum Gasteiger partial charge on any atom is -0.457 e. The van der Waals surface area contributed by atoms with Crippen molar-refractivity contribution in [2.24, 2.45) is 5.92 Å². The summed E-state index contributed by atoms with van der Waals surface area (Å²) in [7, 11) is -7.22. The molecule has 0 spiro atoms. The molecule has 1 amide bonds. The van der Waals surface area contributed by atoms with Crippen LogP contribution in [0.15, 0.2) is 77.7 Å². The summed E-state index contributed by atoms with van der Waals surface area (Å²) in [5, 5.41) is 0. The molecule has 2 fully saturated rings. The Hall–Kier alpha value is -3.24. The molecular weight excluding hydrogens is 553 g/mol. The van der Waals surface area contributed by atoms with Gasteiger partial charge in [-0.25, -0.2) is 21.2 Å². The Kier molecular flexibility index (Phi) is 6.73. The number of ether oxygens (including phenoxy) is 1. The third kappa shape index (κ3) is 4.51. The fourth-order valence-corrected chi connectivity index (χ4v) is 10.5. The van der Waals surface area contributed by atoms with Crippen molar-refractivity contribution in [2.45, 2.75) is 47.8 Å². The summed E-state index contributed by atoms with van der Waals surface area (Å²) in [6.07, 6.45) is 1.67. The zero-order valence-corrected chi connectivity index (χ0v) is 23.5. The van der Waals surface area contributed by atoms with Gasteiger partial charge < -0.3 is 9.64 Å². The fourth-order valence-electron chi connectivity index (χ4n) is 6.65. The van der Waals surface area contributed by atoms with Crippen LogP contribution in [0.5, 0.6) is 11.5 Å². The predicted octanol–water partition coefficient (Wildman–Crippen LogP) is 4.66. The third-order valence-corrected chi connectivity index (χ3v) is 12.9. The van der Waals surface area contributed by atoms with E-state index in [9.17, 15) is 26.0 Å². The number of sulfone groups is 2. The Morgan fingerprint density at radius 3 is 2.33 bits per heavy atom. The van der Waals surface area contributed by atoms with Gasteiger partial charge in [0.1, 0.15) is 31.9 Å². The first-order valence-corrected chi connectivity index (χ1v) is 16.8. The molecule has 10 heteroatoms. The standard InChI is InChI=1S/C30H30FNO6S2/c31-23-7-10-26(11-8-23)40(36,37)30-16-17-32(29(33)21-14-18-39(34,35)19-15-21)28(30)13-6-22-20-25(9-12-27(22)30)38-24-4-2-1-3-5-24/h1-5,7-12,20-21,28H,6,13-19H2/t28-,30-/m1/s1. The number of nitrogens with zero attached hydrogens (tertiary/aromatic N) is 1. The molecule has 2 heterocycles. The molecule has 6 rings (SSSR count). The maximum Gasteiger partial charge on any atom is 0.226 e. The minimum absolute atomic E-state index is 0.00872. The molecule has 1 aliphatic carbocycles. The highest BCUT2D eigenvalue weighted by molar-refractivity contribution is 7.92. The smallest absolute Gasteiger partial charge is 0.226 e. The van der Waals surface area contributed by atoms with E-state index in [1.165, 1.54) is 12.1 Å². The first-order valence-electron chi connectivity index (χ1n) is 13.5. The Balaban J connectivity index is 1.41. The molecule has 3 aromatic carbocycles. The lowest BCUT2D eigenvalue weighted by molar-refractivity contribution is -0.137. The van der Waals surface area contributed by atoms with E-state index in [0.29, 0.717) is 29.9 Å². The number of likely N-dealkylation sites (tertiary alicyclic amines) is 1. The van der Waals surface area contributed by atoms with Crippen LogP contribution in [0.3, 0.4) is 0 Å². The molecule has 3 aliphatic rings. The maximum atomic E-state index is 14.5. The number of aryl methyl sites for hydroxylation is 1. The molecule has 7 nitrogen and oxygen atoms in total. The van der Waals surface area contributed by atoms with Gasteiger partial charge >= 0.3 is 0 Å². The number of hydrogen-bond acceptors (Lipinski definition) is 6. The zero-order chi connectivity index (χ0) is 28.1. The second-order valence-electron chi connectivity index (χ2n) is 10.8. The predicted molar refractivity (Wildman–Crippen MR) is 148 cm³/mol. The molecule has 2 saturated heterocycles. The van der Waals surface area contributed by atoms with Crippen molar-refractivity contribution in [1.29, 1.82) is 0 Å². The molecule has 0 saturated carbocycles. The van der Waals surface area contributed by atoms with Crippen LogP contribution in [0.2, 0.25) is 0 Å². The van der Waals surface area contributed by atoms with Gasteiger partial charge in [-0.1, -0.05) is 24.3 Å². The highest BCUT2D eigenvalue weighted by Gasteiger charge is 2.61.